The van der Waals surface area contributed by atoms with E-state index in [0.29, 0.717) is 29.1 Å². The Morgan fingerprint density at radius 3 is 2.97 bits per heavy atom. The fourth-order valence-electron chi connectivity index (χ4n) is 4.16. The molecule has 3 aromatic rings. The van der Waals surface area contributed by atoms with Crippen molar-refractivity contribution in [3.8, 4) is 0 Å². The van der Waals surface area contributed by atoms with Crippen molar-refractivity contribution >= 4 is 40.1 Å². The molecular formula is C22H25Cl2N5O. The Labute approximate surface area is 186 Å². The average Bonchev–Trinajstić information content (AvgIpc) is 3.10. The summed E-state index contributed by atoms with van der Waals surface area (Å²) in [4.78, 5) is 18.2. The van der Waals surface area contributed by atoms with Crippen LogP contribution in [-0.4, -0.2) is 45.2 Å². The van der Waals surface area contributed by atoms with Gasteiger partial charge < -0.3 is 5.32 Å². The Kier molecular flexibility index (Phi) is 6.56. The molecule has 1 amide bonds. The van der Waals surface area contributed by atoms with E-state index in [9.17, 15) is 4.79 Å². The van der Waals surface area contributed by atoms with Crippen molar-refractivity contribution in [2.45, 2.75) is 38.8 Å². The Bertz CT molecular complexity index is 1050. The number of aromatic nitrogens is 3. The normalized spacial score (nSPS) is 17.4. The van der Waals surface area contributed by atoms with E-state index in [4.69, 9.17) is 28.3 Å². The molecule has 0 bridgehead atoms. The minimum Gasteiger partial charge on any atom is -0.354 e. The monoisotopic (exact) mass is 445 g/mol. The lowest BCUT2D eigenvalue weighted by Crippen LogP contribution is -2.34. The molecule has 0 unspecified atom stereocenters. The molecule has 0 spiro atoms. The standard InChI is InChI=1S/C22H25Cl2N5O/c1-15(30)25-10-12-29-22-18(7-3-9-26-22)21(27-29)17-6-4-11-28(14-17)13-16-5-2-8-19(23)20(16)24/h2-3,5,7-9,17H,4,6,10-14H2,1H3,(H,25,30)/t17-/m1/s1. The van der Waals surface area contributed by atoms with E-state index in [1.54, 1.807) is 6.20 Å². The molecule has 4 rings (SSSR count). The largest absolute Gasteiger partial charge is 0.354 e. The first kappa shape index (κ1) is 21.1. The van der Waals surface area contributed by atoms with Crippen molar-refractivity contribution in [1.82, 2.24) is 25.0 Å². The van der Waals surface area contributed by atoms with Gasteiger partial charge in [0.2, 0.25) is 5.91 Å². The van der Waals surface area contributed by atoms with Crippen LogP contribution in [0.4, 0.5) is 0 Å². The van der Waals surface area contributed by atoms with E-state index in [0.717, 1.165) is 54.8 Å². The number of hydrogen-bond acceptors (Lipinski definition) is 4. The Balaban J connectivity index is 1.54. The van der Waals surface area contributed by atoms with Gasteiger partial charge in [0.15, 0.2) is 5.65 Å². The third-order valence-corrected chi connectivity index (χ3v) is 6.41. The first-order chi connectivity index (χ1) is 14.5. The molecule has 0 saturated carbocycles. The first-order valence-electron chi connectivity index (χ1n) is 10.2. The maximum atomic E-state index is 11.2. The number of benzene rings is 1. The van der Waals surface area contributed by atoms with Crippen LogP contribution in [-0.2, 0) is 17.9 Å². The maximum Gasteiger partial charge on any atom is 0.216 e. The summed E-state index contributed by atoms with van der Waals surface area (Å²) >= 11 is 12.6. The highest BCUT2D eigenvalue weighted by atomic mass is 35.5. The minimum atomic E-state index is -0.0396. The van der Waals surface area contributed by atoms with Gasteiger partial charge in [0.1, 0.15) is 0 Å². The smallest absolute Gasteiger partial charge is 0.216 e. The number of hydrogen-bond donors (Lipinski definition) is 1. The lowest BCUT2D eigenvalue weighted by Gasteiger charge is -2.32. The number of nitrogens with one attached hydrogen (secondary N) is 1. The summed E-state index contributed by atoms with van der Waals surface area (Å²) in [7, 11) is 0. The number of likely N-dealkylation sites (tertiary alicyclic amines) is 1. The third-order valence-electron chi connectivity index (χ3n) is 5.55. The molecule has 1 aliphatic rings. The highest BCUT2D eigenvalue weighted by Crippen LogP contribution is 2.33. The Hall–Kier alpha value is -2.15. The molecule has 3 heterocycles. The second-order valence-corrected chi connectivity index (χ2v) is 8.54. The molecular weight excluding hydrogens is 421 g/mol. The highest BCUT2D eigenvalue weighted by Gasteiger charge is 2.26. The van der Waals surface area contributed by atoms with E-state index < -0.39 is 0 Å². The number of piperidine rings is 1. The lowest BCUT2D eigenvalue weighted by molar-refractivity contribution is -0.118. The molecule has 1 aromatic carbocycles. The zero-order chi connectivity index (χ0) is 21.1. The van der Waals surface area contributed by atoms with Crippen LogP contribution in [0.1, 0.15) is 36.9 Å². The van der Waals surface area contributed by atoms with Crippen molar-refractivity contribution in [2.75, 3.05) is 19.6 Å². The number of carbonyl (C=O) groups is 1. The molecule has 1 atom stereocenters. The number of rotatable bonds is 6. The SMILES string of the molecule is CC(=O)NCCn1nc([C@@H]2CCCN(Cc3cccc(Cl)c3Cl)C2)c2cccnc21. The van der Waals surface area contributed by atoms with E-state index in [2.05, 4.69) is 21.3 Å². The van der Waals surface area contributed by atoms with Crippen LogP contribution in [0.2, 0.25) is 10.0 Å². The second kappa shape index (κ2) is 9.33. The van der Waals surface area contributed by atoms with Crippen molar-refractivity contribution in [3.63, 3.8) is 0 Å². The summed E-state index contributed by atoms with van der Waals surface area (Å²) in [5, 5.41) is 10.1. The summed E-state index contributed by atoms with van der Waals surface area (Å²) < 4.78 is 1.91. The summed E-state index contributed by atoms with van der Waals surface area (Å²) in [5.41, 5.74) is 3.01. The molecule has 1 N–H and O–H groups in total. The minimum absolute atomic E-state index is 0.0396. The van der Waals surface area contributed by atoms with Gasteiger partial charge >= 0.3 is 0 Å². The van der Waals surface area contributed by atoms with Gasteiger partial charge in [-0.2, -0.15) is 5.10 Å². The summed E-state index contributed by atoms with van der Waals surface area (Å²) in [6, 6.07) is 9.85. The molecule has 8 heteroatoms. The zero-order valence-electron chi connectivity index (χ0n) is 16.9. The van der Waals surface area contributed by atoms with Crippen LogP contribution in [0.25, 0.3) is 11.0 Å². The number of carbonyl (C=O) groups excluding carboxylic acids is 1. The van der Waals surface area contributed by atoms with Gasteiger partial charge in [-0.05, 0) is 43.1 Å². The van der Waals surface area contributed by atoms with Crippen LogP contribution in [0.15, 0.2) is 36.5 Å². The van der Waals surface area contributed by atoms with E-state index in [1.807, 2.05) is 28.9 Å². The van der Waals surface area contributed by atoms with Gasteiger partial charge in [0.25, 0.3) is 0 Å². The molecule has 1 saturated heterocycles. The van der Waals surface area contributed by atoms with E-state index in [-0.39, 0.29) is 5.91 Å². The van der Waals surface area contributed by atoms with Crippen molar-refractivity contribution in [2.24, 2.45) is 0 Å². The van der Waals surface area contributed by atoms with Gasteiger partial charge in [-0.15, -0.1) is 0 Å². The lowest BCUT2D eigenvalue weighted by atomic mass is 9.93. The van der Waals surface area contributed by atoms with Gasteiger partial charge in [0.05, 0.1) is 22.3 Å². The number of pyridine rings is 1. The van der Waals surface area contributed by atoms with Crippen LogP contribution < -0.4 is 5.32 Å². The third kappa shape index (κ3) is 4.61. The van der Waals surface area contributed by atoms with E-state index in [1.165, 1.54) is 6.92 Å². The van der Waals surface area contributed by atoms with Crippen molar-refractivity contribution in [3.05, 3.63) is 57.8 Å². The summed E-state index contributed by atoms with van der Waals surface area (Å²) in [6.45, 7) is 5.37. The number of fused-ring (bicyclic) bond motifs is 1. The highest BCUT2D eigenvalue weighted by molar-refractivity contribution is 6.42. The maximum absolute atomic E-state index is 11.2. The number of nitrogens with zero attached hydrogens (tertiary/aromatic N) is 4. The predicted molar refractivity (Wildman–Crippen MR) is 120 cm³/mol. The topological polar surface area (TPSA) is 63.1 Å². The van der Waals surface area contributed by atoms with Gasteiger partial charge in [-0.25, -0.2) is 9.67 Å². The molecule has 1 aliphatic heterocycles. The molecule has 2 aromatic heterocycles. The van der Waals surface area contributed by atoms with Gasteiger partial charge in [0, 0.05) is 44.1 Å². The predicted octanol–water partition coefficient (Wildman–Crippen LogP) is 4.25. The van der Waals surface area contributed by atoms with Crippen LogP contribution >= 0.6 is 23.2 Å². The zero-order valence-corrected chi connectivity index (χ0v) is 18.5. The average molecular weight is 446 g/mol. The van der Waals surface area contributed by atoms with E-state index >= 15 is 0 Å². The fraction of sp³-hybridized carbons (Fsp3) is 0.409. The van der Waals surface area contributed by atoms with Crippen molar-refractivity contribution in [1.29, 1.82) is 0 Å². The molecule has 0 radical (unpaired) electrons. The molecule has 30 heavy (non-hydrogen) atoms. The van der Waals surface area contributed by atoms with Crippen LogP contribution in [0.3, 0.4) is 0 Å². The number of amides is 1. The fourth-order valence-corrected chi connectivity index (χ4v) is 4.54. The van der Waals surface area contributed by atoms with Crippen LogP contribution in [0, 0.1) is 0 Å². The molecule has 6 nitrogen and oxygen atoms in total. The summed E-state index contributed by atoms with van der Waals surface area (Å²) in [6.07, 6.45) is 3.98. The van der Waals surface area contributed by atoms with Crippen LogP contribution in [0.5, 0.6) is 0 Å². The quantitative estimate of drug-likeness (QED) is 0.615. The molecule has 1 fully saturated rings. The first-order valence-corrected chi connectivity index (χ1v) is 11.0. The Morgan fingerprint density at radius 2 is 2.13 bits per heavy atom. The van der Waals surface area contributed by atoms with Gasteiger partial charge in [-0.3, -0.25) is 9.69 Å². The summed E-state index contributed by atoms with van der Waals surface area (Å²) in [5.74, 6) is 0.285. The number of halogens is 2. The molecule has 158 valence electrons. The molecule has 0 aliphatic carbocycles. The van der Waals surface area contributed by atoms with Gasteiger partial charge in [-0.1, -0.05) is 35.3 Å². The van der Waals surface area contributed by atoms with Crippen molar-refractivity contribution < 1.29 is 4.79 Å². The Morgan fingerprint density at radius 1 is 1.27 bits per heavy atom. The second-order valence-electron chi connectivity index (χ2n) is 7.75.